The number of hydrogen-bond acceptors (Lipinski definition) is 6. The zero-order chi connectivity index (χ0) is 20.5. The van der Waals surface area contributed by atoms with Crippen LogP contribution >= 0.6 is 0 Å². The van der Waals surface area contributed by atoms with Crippen LogP contribution in [0.4, 0.5) is 0 Å². The van der Waals surface area contributed by atoms with Gasteiger partial charge in [-0.15, -0.1) is 0 Å². The van der Waals surface area contributed by atoms with Crippen molar-refractivity contribution in [1.29, 1.82) is 0 Å². The highest BCUT2D eigenvalue weighted by molar-refractivity contribution is 5.53. The molecular formula is C21H29N3O4. The number of H-pyrrole nitrogens is 1. The third-order valence-corrected chi connectivity index (χ3v) is 4.99. The molecule has 0 amide bonds. The molecule has 152 valence electrons. The largest absolute Gasteiger partial charge is 0.493 e. The zero-order valence-electron chi connectivity index (χ0n) is 17.5. The van der Waals surface area contributed by atoms with Crippen LogP contribution in [0, 0.1) is 0 Å². The van der Waals surface area contributed by atoms with E-state index in [0.29, 0.717) is 36.8 Å². The summed E-state index contributed by atoms with van der Waals surface area (Å²) in [6, 6.07) is 3.92. The standard InChI is InChI=1S/C21H29N3O4/c1-21(2,3)20-22-15-12-24(8-7-14(15)19(25)23-20)11-13-9-16(26-4)18(28-6)17(10-13)27-5/h9-10H,7-8,11-12H2,1-6H3,(H,22,23,25). The SMILES string of the molecule is COc1cc(CN2CCc3c(nc(C(C)(C)C)[nH]c3=O)C2)cc(OC)c1OC. The summed E-state index contributed by atoms with van der Waals surface area (Å²) in [5, 5.41) is 0. The van der Waals surface area contributed by atoms with E-state index in [2.05, 4.69) is 9.88 Å². The van der Waals surface area contributed by atoms with Gasteiger partial charge in [0.2, 0.25) is 5.75 Å². The van der Waals surface area contributed by atoms with Crippen molar-refractivity contribution in [2.75, 3.05) is 27.9 Å². The molecule has 0 saturated carbocycles. The van der Waals surface area contributed by atoms with Gasteiger partial charge in [-0.25, -0.2) is 4.98 Å². The molecule has 1 aromatic heterocycles. The number of ether oxygens (including phenoxy) is 3. The first kappa shape index (κ1) is 20.2. The monoisotopic (exact) mass is 387 g/mol. The summed E-state index contributed by atoms with van der Waals surface area (Å²) in [6.07, 6.45) is 0.687. The van der Waals surface area contributed by atoms with Crippen LogP contribution in [-0.2, 0) is 24.9 Å². The van der Waals surface area contributed by atoms with Gasteiger partial charge in [-0.2, -0.15) is 0 Å². The summed E-state index contributed by atoms with van der Waals surface area (Å²) in [5.41, 5.74) is 2.51. The maximum absolute atomic E-state index is 12.5. The molecule has 2 heterocycles. The molecule has 0 bridgehead atoms. The van der Waals surface area contributed by atoms with Gasteiger partial charge in [0.25, 0.3) is 5.56 Å². The van der Waals surface area contributed by atoms with Crippen LogP contribution in [0.2, 0.25) is 0 Å². The number of methoxy groups -OCH3 is 3. The molecule has 0 atom stereocenters. The molecular weight excluding hydrogens is 358 g/mol. The smallest absolute Gasteiger partial charge is 0.254 e. The molecule has 1 N–H and O–H groups in total. The number of aromatic nitrogens is 2. The first-order valence-electron chi connectivity index (χ1n) is 9.40. The van der Waals surface area contributed by atoms with Crippen molar-refractivity contribution >= 4 is 0 Å². The topological polar surface area (TPSA) is 76.7 Å². The highest BCUT2D eigenvalue weighted by atomic mass is 16.5. The van der Waals surface area contributed by atoms with E-state index in [4.69, 9.17) is 19.2 Å². The van der Waals surface area contributed by atoms with Gasteiger partial charge >= 0.3 is 0 Å². The number of fused-ring (bicyclic) bond motifs is 1. The van der Waals surface area contributed by atoms with Crippen LogP contribution in [0.15, 0.2) is 16.9 Å². The molecule has 1 aliphatic heterocycles. The molecule has 7 heteroatoms. The van der Waals surface area contributed by atoms with Crippen LogP contribution in [0.1, 0.15) is 43.4 Å². The lowest BCUT2D eigenvalue weighted by Crippen LogP contribution is -2.36. The van der Waals surface area contributed by atoms with Crippen LogP contribution in [-0.4, -0.2) is 42.7 Å². The average Bonchev–Trinajstić information content (AvgIpc) is 2.66. The summed E-state index contributed by atoms with van der Waals surface area (Å²) in [7, 11) is 4.82. The number of benzene rings is 1. The summed E-state index contributed by atoms with van der Waals surface area (Å²) >= 11 is 0. The maximum atomic E-state index is 12.5. The summed E-state index contributed by atoms with van der Waals surface area (Å²) in [6.45, 7) is 8.29. The number of nitrogens with one attached hydrogen (secondary N) is 1. The highest BCUT2D eigenvalue weighted by Gasteiger charge is 2.25. The van der Waals surface area contributed by atoms with Gasteiger partial charge in [0.05, 0.1) is 27.0 Å². The van der Waals surface area contributed by atoms with E-state index in [0.717, 1.165) is 29.2 Å². The third kappa shape index (κ3) is 3.99. The molecule has 0 radical (unpaired) electrons. The van der Waals surface area contributed by atoms with Gasteiger partial charge in [-0.05, 0) is 24.1 Å². The Bertz CT molecular complexity index is 890. The van der Waals surface area contributed by atoms with E-state index in [1.807, 2.05) is 32.9 Å². The molecule has 0 spiro atoms. The number of rotatable bonds is 5. The highest BCUT2D eigenvalue weighted by Crippen LogP contribution is 2.38. The van der Waals surface area contributed by atoms with Crippen molar-refractivity contribution in [1.82, 2.24) is 14.9 Å². The quantitative estimate of drug-likeness (QED) is 0.850. The predicted octanol–water partition coefficient (Wildman–Crippen LogP) is 2.65. The third-order valence-electron chi connectivity index (χ3n) is 4.99. The molecule has 1 aliphatic rings. The Morgan fingerprint density at radius 2 is 1.75 bits per heavy atom. The average molecular weight is 387 g/mol. The van der Waals surface area contributed by atoms with Crippen LogP contribution in [0.3, 0.4) is 0 Å². The van der Waals surface area contributed by atoms with Crippen LogP contribution < -0.4 is 19.8 Å². The number of hydrogen-bond donors (Lipinski definition) is 1. The minimum atomic E-state index is -0.201. The Labute approximate surface area is 165 Å². The van der Waals surface area contributed by atoms with Crippen molar-refractivity contribution < 1.29 is 14.2 Å². The van der Waals surface area contributed by atoms with E-state index >= 15 is 0 Å². The van der Waals surface area contributed by atoms with Crippen molar-refractivity contribution in [3.63, 3.8) is 0 Å². The van der Waals surface area contributed by atoms with E-state index in [1.54, 1.807) is 21.3 Å². The molecule has 7 nitrogen and oxygen atoms in total. The lowest BCUT2D eigenvalue weighted by atomic mass is 9.95. The van der Waals surface area contributed by atoms with Crippen molar-refractivity contribution in [3.8, 4) is 17.2 Å². The Morgan fingerprint density at radius 1 is 1.11 bits per heavy atom. The fourth-order valence-corrected chi connectivity index (χ4v) is 3.47. The number of aromatic amines is 1. The van der Waals surface area contributed by atoms with E-state index in [-0.39, 0.29) is 11.0 Å². The Morgan fingerprint density at radius 3 is 2.29 bits per heavy atom. The molecule has 1 aromatic carbocycles. The first-order valence-corrected chi connectivity index (χ1v) is 9.40. The molecule has 0 saturated heterocycles. The summed E-state index contributed by atoms with van der Waals surface area (Å²) in [4.78, 5) is 22.5. The second-order valence-electron chi connectivity index (χ2n) is 8.08. The fourth-order valence-electron chi connectivity index (χ4n) is 3.47. The second-order valence-corrected chi connectivity index (χ2v) is 8.08. The second kappa shape index (κ2) is 7.83. The van der Waals surface area contributed by atoms with Gasteiger partial charge in [0.1, 0.15) is 5.82 Å². The lowest BCUT2D eigenvalue weighted by Gasteiger charge is -2.29. The van der Waals surface area contributed by atoms with Gasteiger partial charge in [0, 0.05) is 30.6 Å². The maximum Gasteiger partial charge on any atom is 0.254 e. The van der Waals surface area contributed by atoms with E-state index in [9.17, 15) is 4.79 Å². The molecule has 0 fully saturated rings. The fraction of sp³-hybridized carbons (Fsp3) is 0.524. The Kier molecular flexibility index (Phi) is 5.65. The Hall–Kier alpha value is -2.54. The van der Waals surface area contributed by atoms with Gasteiger partial charge < -0.3 is 19.2 Å². The van der Waals surface area contributed by atoms with Crippen molar-refractivity contribution in [2.45, 2.75) is 45.7 Å². The summed E-state index contributed by atoms with van der Waals surface area (Å²) in [5.74, 6) is 2.59. The minimum Gasteiger partial charge on any atom is -0.493 e. The van der Waals surface area contributed by atoms with Gasteiger partial charge in [0.15, 0.2) is 11.5 Å². The van der Waals surface area contributed by atoms with E-state index < -0.39 is 0 Å². The zero-order valence-corrected chi connectivity index (χ0v) is 17.5. The summed E-state index contributed by atoms with van der Waals surface area (Å²) < 4.78 is 16.3. The number of nitrogens with zero attached hydrogens (tertiary/aromatic N) is 2. The molecule has 3 rings (SSSR count). The minimum absolute atomic E-state index is 0.0117. The normalized spacial score (nSPS) is 14.5. The van der Waals surface area contributed by atoms with E-state index in [1.165, 1.54) is 0 Å². The molecule has 2 aromatic rings. The lowest BCUT2D eigenvalue weighted by molar-refractivity contribution is 0.238. The Balaban J connectivity index is 1.87. The molecule has 0 unspecified atom stereocenters. The van der Waals surface area contributed by atoms with Gasteiger partial charge in [-0.3, -0.25) is 9.69 Å². The first-order chi connectivity index (χ1) is 13.3. The van der Waals surface area contributed by atoms with Crippen LogP contribution in [0.5, 0.6) is 17.2 Å². The van der Waals surface area contributed by atoms with Crippen LogP contribution in [0.25, 0.3) is 0 Å². The molecule has 0 aliphatic carbocycles. The van der Waals surface area contributed by atoms with Crippen molar-refractivity contribution in [3.05, 3.63) is 45.1 Å². The van der Waals surface area contributed by atoms with Crippen molar-refractivity contribution in [2.24, 2.45) is 0 Å². The predicted molar refractivity (Wildman–Crippen MR) is 107 cm³/mol. The molecule has 28 heavy (non-hydrogen) atoms. The van der Waals surface area contributed by atoms with Gasteiger partial charge in [-0.1, -0.05) is 20.8 Å².